The molecule has 0 aliphatic heterocycles. The van der Waals surface area contributed by atoms with Crippen molar-refractivity contribution in [3.63, 3.8) is 0 Å². The van der Waals surface area contributed by atoms with Gasteiger partial charge in [-0.15, -0.1) is 12.4 Å². The molecule has 0 bridgehead atoms. The van der Waals surface area contributed by atoms with Crippen molar-refractivity contribution in [3.8, 4) is 0 Å². The highest BCUT2D eigenvalue weighted by molar-refractivity contribution is 5.87. The summed E-state index contributed by atoms with van der Waals surface area (Å²) in [6.07, 6.45) is 12.0. The molecule has 5 rings (SSSR count). The molecule has 0 aromatic rings. The summed E-state index contributed by atoms with van der Waals surface area (Å²) < 4.78 is 0. The van der Waals surface area contributed by atoms with E-state index in [-0.39, 0.29) is 17.8 Å². The standard InChI is InChI=1S/C23H36N2O2.ClH/c1-21-7-5-15(25-27-12-11-24)13-19(21)23(9-10-23)14-16-17-3-4-20(26)22(17,2)8-6-18(16)21;/h16-19H,3-14,24H2,1-2H3;1H/b25-15+;/t16-,17-,18-,19-,21+,22-;/m0./s1. The van der Waals surface area contributed by atoms with Gasteiger partial charge in [-0.2, -0.15) is 0 Å². The second-order valence-electron chi connectivity index (χ2n) is 10.9. The molecule has 5 fully saturated rings. The van der Waals surface area contributed by atoms with Crippen molar-refractivity contribution in [1.82, 2.24) is 0 Å². The number of Topliss-reactive ketones (excluding diaryl/α,β-unsaturated/α-hetero) is 1. The highest BCUT2D eigenvalue weighted by atomic mass is 35.5. The number of nitrogens with zero attached hydrogens (tertiary/aromatic N) is 1. The number of oxime groups is 1. The molecule has 0 radical (unpaired) electrons. The summed E-state index contributed by atoms with van der Waals surface area (Å²) in [5, 5.41) is 4.46. The van der Waals surface area contributed by atoms with Crippen LogP contribution in [-0.4, -0.2) is 24.6 Å². The third kappa shape index (κ3) is 2.80. The van der Waals surface area contributed by atoms with Crippen molar-refractivity contribution < 1.29 is 9.63 Å². The van der Waals surface area contributed by atoms with Gasteiger partial charge in [0.15, 0.2) is 0 Å². The van der Waals surface area contributed by atoms with Crippen LogP contribution in [-0.2, 0) is 9.63 Å². The molecule has 0 heterocycles. The van der Waals surface area contributed by atoms with Crippen LogP contribution >= 0.6 is 12.4 Å². The van der Waals surface area contributed by atoms with E-state index in [1.165, 1.54) is 37.8 Å². The molecular weight excluding hydrogens is 372 g/mol. The highest BCUT2D eigenvalue weighted by Gasteiger charge is 2.68. The van der Waals surface area contributed by atoms with E-state index < -0.39 is 0 Å². The largest absolute Gasteiger partial charge is 0.395 e. The summed E-state index contributed by atoms with van der Waals surface area (Å²) in [6.45, 7) is 5.96. The molecule has 0 aromatic carbocycles. The summed E-state index contributed by atoms with van der Waals surface area (Å²) in [6, 6.07) is 0. The molecule has 5 heteroatoms. The topological polar surface area (TPSA) is 64.7 Å². The van der Waals surface area contributed by atoms with Crippen LogP contribution in [0, 0.1) is 39.9 Å². The van der Waals surface area contributed by atoms with Gasteiger partial charge >= 0.3 is 0 Å². The number of carbonyl (C=O) groups excluding carboxylic acids is 1. The summed E-state index contributed by atoms with van der Waals surface area (Å²) in [4.78, 5) is 18.1. The molecule has 6 atom stereocenters. The molecular formula is C23H37ClN2O2. The molecule has 0 unspecified atom stereocenters. The Morgan fingerprint density at radius 2 is 1.89 bits per heavy atom. The van der Waals surface area contributed by atoms with Crippen LogP contribution in [0.5, 0.6) is 0 Å². The fourth-order valence-electron chi connectivity index (χ4n) is 8.28. The Kier molecular flexibility index (Phi) is 5.14. The predicted molar refractivity (Wildman–Crippen MR) is 113 cm³/mol. The van der Waals surface area contributed by atoms with Gasteiger partial charge in [0, 0.05) is 18.4 Å². The maximum absolute atomic E-state index is 12.7. The number of ketones is 1. The van der Waals surface area contributed by atoms with E-state index in [0.717, 1.165) is 49.9 Å². The van der Waals surface area contributed by atoms with Crippen LogP contribution in [0.3, 0.4) is 0 Å². The third-order valence-corrected chi connectivity index (χ3v) is 9.86. The predicted octanol–water partition coefficient (Wildman–Crippen LogP) is 4.74. The van der Waals surface area contributed by atoms with Gasteiger partial charge in [-0.3, -0.25) is 4.79 Å². The van der Waals surface area contributed by atoms with E-state index in [0.29, 0.717) is 35.7 Å². The normalized spacial score (nSPS) is 47.1. The first kappa shape index (κ1) is 20.7. The Morgan fingerprint density at radius 1 is 1.11 bits per heavy atom. The zero-order valence-electron chi connectivity index (χ0n) is 17.5. The maximum Gasteiger partial charge on any atom is 0.139 e. The minimum Gasteiger partial charge on any atom is -0.395 e. The van der Waals surface area contributed by atoms with Crippen molar-refractivity contribution >= 4 is 23.9 Å². The molecule has 0 aromatic heterocycles. The van der Waals surface area contributed by atoms with Gasteiger partial charge in [-0.1, -0.05) is 19.0 Å². The lowest BCUT2D eigenvalue weighted by molar-refractivity contribution is -0.145. The quantitative estimate of drug-likeness (QED) is 0.541. The van der Waals surface area contributed by atoms with Gasteiger partial charge in [-0.05, 0) is 92.3 Å². The third-order valence-electron chi connectivity index (χ3n) is 9.86. The Bertz CT molecular complexity index is 676. The molecule has 5 aliphatic rings. The van der Waals surface area contributed by atoms with Gasteiger partial charge in [-0.25, -0.2) is 0 Å². The van der Waals surface area contributed by atoms with Gasteiger partial charge in [0.25, 0.3) is 0 Å². The second kappa shape index (κ2) is 6.97. The van der Waals surface area contributed by atoms with Crippen LogP contribution in [0.2, 0.25) is 0 Å². The average molecular weight is 409 g/mol. The SMILES string of the molecule is C[C@]12CC/C(=N\OCCN)C[C@@H]1C1(CC1)C[C@@H]1[C@@H]2CC[C@]2(C)C(=O)CC[C@@H]12.Cl. The molecule has 2 N–H and O–H groups in total. The number of hydrogen-bond acceptors (Lipinski definition) is 4. The number of halogens is 1. The van der Waals surface area contributed by atoms with Crippen LogP contribution in [0.4, 0.5) is 0 Å². The van der Waals surface area contributed by atoms with Crippen molar-refractivity contribution in [2.24, 2.45) is 50.8 Å². The van der Waals surface area contributed by atoms with Gasteiger partial charge in [0.2, 0.25) is 0 Å². The summed E-state index contributed by atoms with van der Waals surface area (Å²) in [5.41, 5.74) is 7.78. The van der Waals surface area contributed by atoms with Gasteiger partial charge in [0.1, 0.15) is 12.4 Å². The van der Waals surface area contributed by atoms with E-state index in [2.05, 4.69) is 19.0 Å². The van der Waals surface area contributed by atoms with E-state index in [4.69, 9.17) is 10.6 Å². The first-order chi connectivity index (χ1) is 12.9. The minimum atomic E-state index is -0.00219. The molecule has 5 aliphatic carbocycles. The zero-order valence-corrected chi connectivity index (χ0v) is 18.4. The number of rotatable bonds is 3. The van der Waals surface area contributed by atoms with Gasteiger partial charge in [0.05, 0.1) is 5.71 Å². The maximum atomic E-state index is 12.7. The lowest BCUT2D eigenvalue weighted by Gasteiger charge is -2.62. The number of fused-ring (bicyclic) bond motifs is 6. The average Bonchev–Trinajstić information content (AvgIpc) is 3.34. The number of nitrogens with two attached hydrogens (primary N) is 1. The number of carbonyl (C=O) groups is 1. The monoisotopic (exact) mass is 408 g/mol. The van der Waals surface area contributed by atoms with E-state index in [1.54, 1.807) is 0 Å². The molecule has 158 valence electrons. The Morgan fingerprint density at radius 3 is 2.61 bits per heavy atom. The van der Waals surface area contributed by atoms with Crippen LogP contribution in [0.1, 0.15) is 78.1 Å². The number of hydrogen-bond donors (Lipinski definition) is 1. The van der Waals surface area contributed by atoms with Gasteiger partial charge < -0.3 is 10.6 Å². The van der Waals surface area contributed by atoms with E-state index in [9.17, 15) is 4.79 Å². The lowest BCUT2D eigenvalue weighted by atomic mass is 9.42. The van der Waals surface area contributed by atoms with Crippen LogP contribution in [0.15, 0.2) is 5.16 Å². The highest BCUT2D eigenvalue weighted by Crippen LogP contribution is 2.75. The van der Waals surface area contributed by atoms with Crippen molar-refractivity contribution in [2.75, 3.05) is 13.2 Å². The molecule has 4 nitrogen and oxygen atoms in total. The van der Waals surface area contributed by atoms with Crippen molar-refractivity contribution in [1.29, 1.82) is 0 Å². The fraction of sp³-hybridized carbons (Fsp3) is 0.913. The smallest absolute Gasteiger partial charge is 0.139 e. The lowest BCUT2D eigenvalue weighted by Crippen LogP contribution is -2.57. The zero-order chi connectivity index (χ0) is 18.9. The summed E-state index contributed by atoms with van der Waals surface area (Å²) in [7, 11) is 0. The van der Waals surface area contributed by atoms with Crippen molar-refractivity contribution in [2.45, 2.75) is 78.1 Å². The Hall–Kier alpha value is -0.610. The minimum absolute atomic E-state index is 0. The van der Waals surface area contributed by atoms with E-state index in [1.807, 2.05) is 0 Å². The Labute approximate surface area is 175 Å². The van der Waals surface area contributed by atoms with Crippen LogP contribution in [0.25, 0.3) is 0 Å². The molecule has 5 saturated carbocycles. The Balaban J connectivity index is 0.00000192. The second-order valence-corrected chi connectivity index (χ2v) is 10.9. The summed E-state index contributed by atoms with van der Waals surface area (Å²) in [5.74, 6) is 3.58. The molecule has 0 saturated heterocycles. The summed E-state index contributed by atoms with van der Waals surface area (Å²) >= 11 is 0. The molecule has 0 amide bonds. The fourth-order valence-corrected chi connectivity index (χ4v) is 8.28. The van der Waals surface area contributed by atoms with Crippen LogP contribution < -0.4 is 5.73 Å². The van der Waals surface area contributed by atoms with Crippen molar-refractivity contribution in [3.05, 3.63) is 0 Å². The molecule has 28 heavy (non-hydrogen) atoms. The first-order valence-corrected chi connectivity index (χ1v) is 11.3. The van der Waals surface area contributed by atoms with E-state index >= 15 is 0 Å². The first-order valence-electron chi connectivity index (χ1n) is 11.3. The molecule has 1 spiro atoms.